The average molecular weight is 685 g/mol. The predicted molar refractivity (Wildman–Crippen MR) is 191 cm³/mol. The van der Waals surface area contributed by atoms with Crippen molar-refractivity contribution in [3.63, 3.8) is 0 Å². The van der Waals surface area contributed by atoms with Crippen molar-refractivity contribution in [2.75, 3.05) is 19.0 Å². The maximum absolute atomic E-state index is 12.8. The number of rotatable bonds is 7. The van der Waals surface area contributed by atoms with Gasteiger partial charge in [-0.3, -0.25) is 9.35 Å². The van der Waals surface area contributed by atoms with Crippen molar-refractivity contribution in [2.24, 2.45) is 0 Å². The number of halogens is 2. The third-order valence-electron chi connectivity index (χ3n) is 7.68. The van der Waals surface area contributed by atoms with Gasteiger partial charge in [-0.2, -0.15) is 8.42 Å². The molecule has 1 aliphatic carbocycles. The van der Waals surface area contributed by atoms with Gasteiger partial charge in [0, 0.05) is 54.0 Å². The number of hydrogen-bond donors (Lipinski definition) is 2. The van der Waals surface area contributed by atoms with Crippen molar-refractivity contribution < 1.29 is 22.5 Å². The number of anilines is 1. The second kappa shape index (κ2) is 12.7. The third kappa shape index (κ3) is 6.82. The standard InChI is InChI=1S/C37H27Cl2NO6S/c1-40(2)26-14-11-24(12-15-26)8-7-22-3-5-23(6-4-22)9-10-25-13-16-27(36(17-25)47(43,44)45)37-28-18-30(38)32(41)20-34(28)46-35-21-33(42)31(39)19-29(35)37/h3-21,41H,1-2H3,(H,43,44,45)/b8-7+,10-9+. The summed E-state index contributed by atoms with van der Waals surface area (Å²) >= 11 is 12.4. The van der Waals surface area contributed by atoms with Gasteiger partial charge in [-0.15, -0.1) is 0 Å². The molecule has 0 fully saturated rings. The van der Waals surface area contributed by atoms with Gasteiger partial charge in [0.25, 0.3) is 10.1 Å². The molecule has 6 rings (SSSR count). The van der Waals surface area contributed by atoms with Crippen LogP contribution in [0.3, 0.4) is 0 Å². The Bertz CT molecular complexity index is 2340. The van der Waals surface area contributed by atoms with E-state index in [0.717, 1.165) is 22.4 Å². The van der Waals surface area contributed by atoms with Crippen LogP contribution in [0.4, 0.5) is 5.69 Å². The topological polar surface area (TPSA) is 108 Å². The lowest BCUT2D eigenvalue weighted by molar-refractivity contribution is 0.474. The maximum atomic E-state index is 12.8. The normalized spacial score (nSPS) is 12.1. The Morgan fingerprint density at radius 1 is 0.702 bits per heavy atom. The van der Waals surface area contributed by atoms with Gasteiger partial charge >= 0.3 is 0 Å². The van der Waals surface area contributed by atoms with Crippen LogP contribution in [0.1, 0.15) is 22.3 Å². The van der Waals surface area contributed by atoms with Crippen molar-refractivity contribution in [3.8, 4) is 28.2 Å². The molecule has 10 heteroatoms. The van der Waals surface area contributed by atoms with Crippen LogP contribution in [0.25, 0.3) is 57.7 Å². The first-order valence-electron chi connectivity index (χ1n) is 14.3. The zero-order valence-electron chi connectivity index (χ0n) is 25.1. The summed E-state index contributed by atoms with van der Waals surface area (Å²) in [6.07, 6.45) is 7.64. The molecule has 4 aromatic carbocycles. The van der Waals surface area contributed by atoms with Gasteiger partial charge in [0.2, 0.25) is 5.43 Å². The molecule has 47 heavy (non-hydrogen) atoms. The molecule has 0 unspecified atom stereocenters. The molecule has 7 nitrogen and oxygen atoms in total. The highest BCUT2D eigenvalue weighted by Gasteiger charge is 2.25. The summed E-state index contributed by atoms with van der Waals surface area (Å²) in [6, 6.07) is 26.0. The van der Waals surface area contributed by atoms with Crippen LogP contribution in [0.5, 0.6) is 5.75 Å². The minimum Gasteiger partial charge on any atom is -0.506 e. The number of phenols is 1. The first-order chi connectivity index (χ1) is 22.4. The fourth-order valence-corrected chi connectivity index (χ4v) is 6.30. The molecule has 0 saturated carbocycles. The summed E-state index contributed by atoms with van der Waals surface area (Å²) in [6.45, 7) is 0. The zero-order valence-corrected chi connectivity index (χ0v) is 27.4. The minimum absolute atomic E-state index is 0.00651. The largest absolute Gasteiger partial charge is 0.506 e. The van der Waals surface area contributed by atoms with Crippen LogP contribution in [-0.4, -0.2) is 32.2 Å². The summed E-state index contributed by atoms with van der Waals surface area (Å²) in [5, 5.41) is 10.4. The van der Waals surface area contributed by atoms with Crippen molar-refractivity contribution in [1.82, 2.24) is 0 Å². The number of aromatic hydroxyl groups is 1. The zero-order chi connectivity index (χ0) is 33.5. The molecule has 0 amide bonds. The summed E-state index contributed by atoms with van der Waals surface area (Å²) in [7, 11) is -0.752. The summed E-state index contributed by atoms with van der Waals surface area (Å²) in [4.78, 5) is 14.0. The van der Waals surface area contributed by atoms with Crippen LogP contribution >= 0.6 is 23.2 Å². The summed E-state index contributed by atoms with van der Waals surface area (Å²) in [5.74, 6) is -0.159. The van der Waals surface area contributed by atoms with E-state index in [-0.39, 0.29) is 37.6 Å². The summed E-state index contributed by atoms with van der Waals surface area (Å²) in [5.41, 5.74) is 5.01. The van der Waals surface area contributed by atoms with Crippen molar-refractivity contribution in [3.05, 3.63) is 134 Å². The molecule has 0 radical (unpaired) electrons. The molecular weight excluding hydrogens is 657 g/mol. The Morgan fingerprint density at radius 2 is 1.26 bits per heavy atom. The van der Waals surface area contributed by atoms with Crippen LogP contribution < -0.4 is 10.3 Å². The SMILES string of the molecule is CN(C)c1ccc(/C=C/c2ccc(/C=C/c3ccc(-c4c5cc(Cl)c(=O)cc-5oc5cc(O)c(Cl)cc45)c(S(=O)(=O)O)c3)cc2)cc1. The quantitative estimate of drug-likeness (QED) is 0.0981. The van der Waals surface area contributed by atoms with E-state index in [0.29, 0.717) is 22.1 Å². The van der Waals surface area contributed by atoms with Crippen LogP contribution in [-0.2, 0) is 10.1 Å². The van der Waals surface area contributed by atoms with E-state index in [2.05, 4.69) is 24.3 Å². The van der Waals surface area contributed by atoms with Gasteiger partial charge in [0.1, 0.15) is 22.0 Å². The molecule has 236 valence electrons. The molecular formula is C37H27Cl2NO6S. The minimum atomic E-state index is -4.75. The summed E-state index contributed by atoms with van der Waals surface area (Å²) < 4.78 is 41.8. The van der Waals surface area contributed by atoms with Crippen molar-refractivity contribution in [2.45, 2.75) is 4.90 Å². The molecule has 0 atom stereocenters. The van der Waals surface area contributed by atoms with Gasteiger partial charge in [-0.1, -0.05) is 96.0 Å². The van der Waals surface area contributed by atoms with Crippen molar-refractivity contribution in [1.29, 1.82) is 0 Å². The van der Waals surface area contributed by atoms with Gasteiger partial charge in [-0.25, -0.2) is 0 Å². The van der Waals surface area contributed by atoms with Gasteiger partial charge in [0.05, 0.1) is 10.0 Å². The predicted octanol–water partition coefficient (Wildman–Crippen LogP) is 9.23. The van der Waals surface area contributed by atoms with E-state index < -0.39 is 15.5 Å². The van der Waals surface area contributed by atoms with E-state index in [1.165, 1.54) is 30.3 Å². The molecule has 0 spiro atoms. The third-order valence-corrected chi connectivity index (χ3v) is 9.17. The lowest BCUT2D eigenvalue weighted by Crippen LogP contribution is -2.07. The second-order valence-corrected chi connectivity index (χ2v) is 13.3. The molecule has 0 saturated heterocycles. The van der Waals surface area contributed by atoms with E-state index in [1.807, 2.05) is 61.5 Å². The smallest absolute Gasteiger partial charge is 0.295 e. The molecule has 2 N–H and O–H groups in total. The van der Waals surface area contributed by atoms with Gasteiger partial charge in [0.15, 0.2) is 0 Å². The maximum Gasteiger partial charge on any atom is 0.295 e. The van der Waals surface area contributed by atoms with E-state index in [4.69, 9.17) is 27.6 Å². The number of benzene rings is 5. The van der Waals surface area contributed by atoms with Crippen LogP contribution in [0, 0.1) is 0 Å². The van der Waals surface area contributed by atoms with Crippen LogP contribution in [0.15, 0.2) is 105 Å². The molecule has 2 aliphatic rings. The van der Waals surface area contributed by atoms with Crippen molar-refractivity contribution >= 4 is 74.3 Å². The average Bonchev–Trinajstić information content (AvgIpc) is 3.03. The highest BCUT2D eigenvalue weighted by Crippen LogP contribution is 2.45. The Balaban J connectivity index is 1.36. The first kappa shape index (κ1) is 32.1. The second-order valence-electron chi connectivity index (χ2n) is 11.1. The molecule has 1 aliphatic heterocycles. The number of nitrogens with zero attached hydrogens (tertiary/aromatic N) is 1. The fourth-order valence-electron chi connectivity index (χ4n) is 5.24. The highest BCUT2D eigenvalue weighted by atomic mass is 35.5. The Kier molecular flexibility index (Phi) is 8.70. The number of hydrogen-bond acceptors (Lipinski definition) is 6. The van der Waals surface area contributed by atoms with Gasteiger partial charge in [-0.05, 0) is 52.6 Å². The van der Waals surface area contributed by atoms with Gasteiger partial charge < -0.3 is 14.4 Å². The molecule has 4 aromatic rings. The molecule has 1 heterocycles. The van der Waals surface area contributed by atoms with E-state index >= 15 is 0 Å². The number of phenolic OH excluding ortho intramolecular Hbond substituents is 1. The molecule has 0 aromatic heterocycles. The van der Waals surface area contributed by atoms with E-state index in [1.54, 1.807) is 18.2 Å². The Labute approximate surface area is 281 Å². The van der Waals surface area contributed by atoms with Crippen LogP contribution in [0.2, 0.25) is 10.0 Å². The Hall–Kier alpha value is -4.86. The monoisotopic (exact) mass is 683 g/mol. The van der Waals surface area contributed by atoms with E-state index in [9.17, 15) is 22.9 Å². The Morgan fingerprint density at radius 3 is 1.83 bits per heavy atom. The lowest BCUT2D eigenvalue weighted by Gasteiger charge is -2.18. The number of fused-ring (bicyclic) bond motifs is 2. The highest BCUT2D eigenvalue weighted by molar-refractivity contribution is 7.86. The molecule has 0 bridgehead atoms. The first-order valence-corrected chi connectivity index (χ1v) is 16.5. The fraction of sp³-hybridized carbons (Fsp3) is 0.0541. The lowest BCUT2D eigenvalue weighted by atomic mass is 9.93.